The first-order valence-corrected chi connectivity index (χ1v) is 12.1. The van der Waals surface area contributed by atoms with E-state index in [4.69, 9.17) is 0 Å². The third kappa shape index (κ3) is 5.58. The first kappa shape index (κ1) is 26.5. The maximum atomic E-state index is 2.41. The van der Waals surface area contributed by atoms with Gasteiger partial charge in [0.2, 0.25) is 0 Å². The maximum absolute atomic E-state index is 2.41. The molecule has 0 spiro atoms. The van der Waals surface area contributed by atoms with Crippen LogP contribution in [0.15, 0.2) is 66.7 Å². The largest absolute Gasteiger partial charge is 1.00 e. The molecule has 0 aliphatic heterocycles. The summed E-state index contributed by atoms with van der Waals surface area (Å²) in [6.07, 6.45) is 5.19. The summed E-state index contributed by atoms with van der Waals surface area (Å²) in [6.45, 7) is 2.29. The molecular formula is C24H25Cl3SiTi. The van der Waals surface area contributed by atoms with Crippen LogP contribution in [0, 0.1) is 0 Å². The zero-order chi connectivity index (χ0) is 17.9. The van der Waals surface area contributed by atoms with Crippen LogP contribution in [0.25, 0.3) is 11.1 Å². The molecule has 0 aromatic heterocycles. The van der Waals surface area contributed by atoms with Gasteiger partial charge in [-0.3, -0.25) is 0 Å². The van der Waals surface area contributed by atoms with E-state index < -0.39 is 9.52 Å². The molecule has 1 aliphatic rings. The van der Waals surface area contributed by atoms with Crippen LogP contribution in [0.4, 0.5) is 0 Å². The van der Waals surface area contributed by atoms with E-state index >= 15 is 0 Å². The van der Waals surface area contributed by atoms with Crippen LogP contribution in [-0.4, -0.2) is 9.52 Å². The molecule has 4 rings (SSSR count). The second-order valence-corrected chi connectivity index (χ2v) is 10.2. The number of hydrogen-bond donors (Lipinski definition) is 0. The summed E-state index contributed by atoms with van der Waals surface area (Å²) in [4.78, 5) is 0. The van der Waals surface area contributed by atoms with Crippen LogP contribution in [0.5, 0.6) is 0 Å². The van der Waals surface area contributed by atoms with Crippen molar-refractivity contribution in [3.8, 4) is 11.1 Å². The van der Waals surface area contributed by atoms with Crippen molar-refractivity contribution in [1.82, 2.24) is 0 Å². The fourth-order valence-electron chi connectivity index (χ4n) is 4.38. The van der Waals surface area contributed by atoms with Crippen LogP contribution in [0.1, 0.15) is 48.4 Å². The summed E-state index contributed by atoms with van der Waals surface area (Å²) in [5.74, 6) is 0. The number of hydrogen-bond acceptors (Lipinski definition) is 0. The van der Waals surface area contributed by atoms with Gasteiger partial charge in [0.1, 0.15) is 0 Å². The second-order valence-electron chi connectivity index (χ2n) is 7.34. The fraction of sp³-hybridized carbons (Fsp3) is 0.250. The van der Waals surface area contributed by atoms with E-state index in [-0.39, 0.29) is 37.2 Å². The molecule has 0 heterocycles. The van der Waals surface area contributed by atoms with E-state index in [1.807, 2.05) is 0 Å². The van der Waals surface area contributed by atoms with Gasteiger partial charge in [-0.25, -0.2) is 0 Å². The zero-order valence-corrected chi connectivity index (χ0v) is 21.8. The predicted molar refractivity (Wildman–Crippen MR) is 111 cm³/mol. The Morgan fingerprint density at radius 1 is 0.793 bits per heavy atom. The van der Waals surface area contributed by atoms with Crippen molar-refractivity contribution in [3.63, 3.8) is 0 Å². The Morgan fingerprint density at radius 3 is 2.28 bits per heavy atom. The van der Waals surface area contributed by atoms with Gasteiger partial charge in [-0.1, -0.05) is 0 Å². The number of fused-ring (bicyclic) bond motifs is 3. The molecule has 0 saturated carbocycles. The van der Waals surface area contributed by atoms with E-state index in [1.54, 1.807) is 21.9 Å². The molecule has 29 heavy (non-hydrogen) atoms. The number of unbranched alkanes of at least 4 members (excludes halogenated alkanes) is 2. The summed E-state index contributed by atoms with van der Waals surface area (Å²) < 4.78 is 1.46. The van der Waals surface area contributed by atoms with Gasteiger partial charge in [0, 0.05) is 0 Å². The Labute approximate surface area is 207 Å². The average molecular weight is 496 g/mol. The summed E-state index contributed by atoms with van der Waals surface area (Å²) in [5.41, 5.74) is 8.33. The van der Waals surface area contributed by atoms with Crippen LogP contribution in [0.3, 0.4) is 0 Å². The minimum absolute atomic E-state index is 0. The molecular weight excluding hydrogens is 471 g/mol. The molecule has 3 aromatic rings. The van der Waals surface area contributed by atoms with E-state index in [0.29, 0.717) is 5.54 Å². The minimum Gasteiger partial charge on any atom is -1.00 e. The molecule has 150 valence electrons. The molecule has 1 atom stereocenters. The third-order valence-corrected chi connectivity index (χ3v) is 8.74. The molecule has 5 heteroatoms. The Morgan fingerprint density at radius 2 is 1.48 bits per heavy atom. The van der Waals surface area contributed by atoms with Crippen LogP contribution in [-0.2, 0) is 26.9 Å². The predicted octanol–water partition coefficient (Wildman–Crippen LogP) is -4.83. The standard InChI is InChI=1S/C24H25Si.3ClH.Ti/c1-2-3-4-11-18-12-5-10-17-23(18)25-24-21-15-8-6-13-19(21)20-14-7-9-16-22(20)24;;;;/h5-10,12-15,17,24H,2-4,11,25H2,1H3;3*1H;/q;;;;+3/p-3. The number of halogens is 3. The van der Waals surface area contributed by atoms with Gasteiger partial charge in [-0.2, -0.15) is 0 Å². The fourth-order valence-corrected chi connectivity index (χ4v) is 7.82. The SMILES string of the molecule is CCCCCc1ccccc1[SiH2]C1c2ccccc2-c2ccc[c]([Ti+3])c21.[Cl-].[Cl-].[Cl-]. The maximum Gasteiger partial charge on any atom is -1.00 e. The molecule has 0 fully saturated rings. The number of rotatable bonds is 6. The normalized spacial score (nSPS) is 13.8. The molecule has 1 aliphatic carbocycles. The van der Waals surface area contributed by atoms with Crippen LogP contribution in [0.2, 0.25) is 0 Å². The topological polar surface area (TPSA) is 0 Å². The Kier molecular flexibility index (Phi) is 11.3. The Hall–Kier alpha value is -0.539. The summed E-state index contributed by atoms with van der Waals surface area (Å²) in [5, 5.41) is 1.67. The van der Waals surface area contributed by atoms with Gasteiger partial charge < -0.3 is 37.2 Å². The number of aryl methyl sites for hydroxylation is 1. The molecule has 0 nitrogen and oxygen atoms in total. The van der Waals surface area contributed by atoms with Crippen molar-refractivity contribution in [2.45, 2.75) is 38.1 Å². The van der Waals surface area contributed by atoms with E-state index in [9.17, 15) is 0 Å². The Balaban J connectivity index is 0.00000140. The third-order valence-electron chi connectivity index (χ3n) is 5.67. The zero-order valence-electron chi connectivity index (χ0n) is 16.6. The van der Waals surface area contributed by atoms with Crippen molar-refractivity contribution in [1.29, 1.82) is 0 Å². The molecule has 0 radical (unpaired) electrons. The van der Waals surface area contributed by atoms with Gasteiger partial charge in [0.15, 0.2) is 0 Å². The van der Waals surface area contributed by atoms with Crippen molar-refractivity contribution in [2.75, 3.05) is 0 Å². The molecule has 3 aromatic carbocycles. The van der Waals surface area contributed by atoms with E-state index in [1.165, 1.54) is 40.7 Å². The summed E-state index contributed by atoms with van der Waals surface area (Å²) in [7, 11) is -0.437. The summed E-state index contributed by atoms with van der Waals surface area (Å²) in [6, 6.07) is 25.2. The van der Waals surface area contributed by atoms with Crippen molar-refractivity contribution in [3.05, 3.63) is 83.4 Å². The molecule has 0 bridgehead atoms. The second kappa shape index (κ2) is 12.3. The monoisotopic (exact) mass is 494 g/mol. The van der Waals surface area contributed by atoms with Crippen LogP contribution >= 0.6 is 0 Å². The van der Waals surface area contributed by atoms with Crippen LogP contribution < -0.4 is 46.3 Å². The first-order chi connectivity index (χ1) is 12.8. The van der Waals surface area contributed by atoms with Crippen molar-refractivity contribution in [2.24, 2.45) is 0 Å². The quantitative estimate of drug-likeness (QED) is 0.238. The smallest absolute Gasteiger partial charge is 1.00 e. The number of benzene rings is 3. The minimum atomic E-state index is -0.437. The van der Waals surface area contributed by atoms with Gasteiger partial charge in [-0.05, 0) is 0 Å². The van der Waals surface area contributed by atoms with Crippen molar-refractivity contribution < 1.29 is 57.7 Å². The summed E-state index contributed by atoms with van der Waals surface area (Å²) >= 11 is 2.29. The average Bonchev–Trinajstić information content (AvgIpc) is 2.99. The molecule has 0 amide bonds. The molecule has 1 unspecified atom stereocenters. The van der Waals surface area contributed by atoms with Gasteiger partial charge in [0.05, 0.1) is 0 Å². The van der Waals surface area contributed by atoms with Gasteiger partial charge >= 0.3 is 172 Å². The Bertz CT molecular complexity index is 930. The first-order valence-electron chi connectivity index (χ1n) is 9.80. The van der Waals surface area contributed by atoms with Gasteiger partial charge in [0.25, 0.3) is 0 Å². The molecule has 0 N–H and O–H groups in total. The van der Waals surface area contributed by atoms with Gasteiger partial charge in [-0.15, -0.1) is 0 Å². The van der Waals surface area contributed by atoms with E-state index in [2.05, 4.69) is 94.1 Å². The van der Waals surface area contributed by atoms with E-state index in [0.717, 1.165) is 0 Å². The van der Waals surface area contributed by atoms with Crippen molar-refractivity contribution >= 4 is 18.6 Å². The molecule has 0 saturated heterocycles.